The SMILES string of the molecule is COc1ccc(C(C)CN2CCCCC2C(=O)O)cc1. The van der Waals surface area contributed by atoms with Crippen LogP contribution in [0.4, 0.5) is 0 Å². The lowest BCUT2D eigenvalue weighted by Gasteiger charge is -2.34. The fourth-order valence-corrected chi connectivity index (χ4v) is 2.88. The number of carbonyl (C=O) groups is 1. The molecule has 1 heterocycles. The van der Waals surface area contributed by atoms with Crippen LogP contribution in [0.5, 0.6) is 5.75 Å². The van der Waals surface area contributed by atoms with E-state index in [1.54, 1.807) is 7.11 Å². The Morgan fingerprint density at radius 3 is 2.70 bits per heavy atom. The van der Waals surface area contributed by atoms with Crippen LogP contribution in [0.15, 0.2) is 24.3 Å². The lowest BCUT2D eigenvalue weighted by Crippen LogP contribution is -2.46. The highest BCUT2D eigenvalue weighted by Gasteiger charge is 2.29. The molecule has 1 aliphatic heterocycles. The van der Waals surface area contributed by atoms with Gasteiger partial charge in [0.2, 0.25) is 0 Å². The molecule has 0 radical (unpaired) electrons. The molecule has 0 aromatic heterocycles. The van der Waals surface area contributed by atoms with E-state index in [1.807, 2.05) is 12.1 Å². The van der Waals surface area contributed by atoms with Crippen LogP contribution < -0.4 is 4.74 Å². The van der Waals surface area contributed by atoms with Crippen molar-refractivity contribution in [1.29, 1.82) is 0 Å². The van der Waals surface area contributed by atoms with Crippen LogP contribution in [0.25, 0.3) is 0 Å². The van der Waals surface area contributed by atoms with Gasteiger partial charge in [0.25, 0.3) is 0 Å². The van der Waals surface area contributed by atoms with E-state index in [-0.39, 0.29) is 6.04 Å². The zero-order valence-corrected chi connectivity index (χ0v) is 12.2. The summed E-state index contributed by atoms with van der Waals surface area (Å²) >= 11 is 0. The van der Waals surface area contributed by atoms with Gasteiger partial charge < -0.3 is 9.84 Å². The number of carboxylic acids is 1. The lowest BCUT2D eigenvalue weighted by molar-refractivity contribution is -0.144. The third-order valence-corrected chi connectivity index (χ3v) is 4.09. The number of likely N-dealkylation sites (tertiary alicyclic amines) is 1. The van der Waals surface area contributed by atoms with Gasteiger partial charge in [-0.05, 0) is 43.0 Å². The van der Waals surface area contributed by atoms with Crippen molar-refractivity contribution in [3.05, 3.63) is 29.8 Å². The Morgan fingerprint density at radius 1 is 1.40 bits per heavy atom. The number of hydrogen-bond donors (Lipinski definition) is 1. The van der Waals surface area contributed by atoms with Crippen molar-refractivity contribution in [2.75, 3.05) is 20.2 Å². The van der Waals surface area contributed by atoms with E-state index >= 15 is 0 Å². The van der Waals surface area contributed by atoms with Crippen molar-refractivity contribution in [2.24, 2.45) is 0 Å². The summed E-state index contributed by atoms with van der Waals surface area (Å²) in [4.78, 5) is 13.4. The van der Waals surface area contributed by atoms with Crippen molar-refractivity contribution >= 4 is 5.97 Å². The second-order valence-electron chi connectivity index (χ2n) is 5.52. The molecular weight excluding hydrogens is 254 g/mol. The van der Waals surface area contributed by atoms with Gasteiger partial charge in [0.15, 0.2) is 0 Å². The van der Waals surface area contributed by atoms with Crippen LogP contribution in [-0.4, -0.2) is 42.2 Å². The predicted octanol–water partition coefficient (Wildman–Crippen LogP) is 2.74. The quantitative estimate of drug-likeness (QED) is 0.899. The van der Waals surface area contributed by atoms with Crippen LogP contribution in [-0.2, 0) is 4.79 Å². The number of aliphatic carboxylic acids is 1. The molecule has 110 valence electrons. The highest BCUT2D eigenvalue weighted by Crippen LogP contribution is 2.24. The van der Waals surface area contributed by atoms with E-state index in [9.17, 15) is 9.90 Å². The highest BCUT2D eigenvalue weighted by atomic mass is 16.5. The van der Waals surface area contributed by atoms with E-state index in [1.165, 1.54) is 5.56 Å². The summed E-state index contributed by atoms with van der Waals surface area (Å²) in [5.74, 6) is 0.481. The Hall–Kier alpha value is -1.55. The van der Waals surface area contributed by atoms with Gasteiger partial charge >= 0.3 is 5.97 Å². The molecule has 1 aliphatic rings. The first-order valence-electron chi connectivity index (χ1n) is 7.22. The Kier molecular flexibility index (Phi) is 5.01. The molecule has 0 spiro atoms. The predicted molar refractivity (Wildman–Crippen MR) is 78.3 cm³/mol. The fourth-order valence-electron chi connectivity index (χ4n) is 2.88. The molecule has 2 atom stereocenters. The third-order valence-electron chi connectivity index (χ3n) is 4.09. The number of hydrogen-bond acceptors (Lipinski definition) is 3. The molecule has 4 heteroatoms. The average Bonchev–Trinajstić information content (AvgIpc) is 2.47. The molecule has 2 unspecified atom stereocenters. The second-order valence-corrected chi connectivity index (χ2v) is 5.52. The van der Waals surface area contributed by atoms with Crippen LogP contribution in [0, 0.1) is 0 Å². The first-order chi connectivity index (χ1) is 9.61. The van der Waals surface area contributed by atoms with Gasteiger partial charge in [0, 0.05) is 6.54 Å². The van der Waals surface area contributed by atoms with Crippen molar-refractivity contribution in [2.45, 2.75) is 38.1 Å². The van der Waals surface area contributed by atoms with Gasteiger partial charge in [-0.15, -0.1) is 0 Å². The summed E-state index contributed by atoms with van der Waals surface area (Å²) in [6.45, 7) is 3.83. The minimum absolute atomic E-state index is 0.315. The summed E-state index contributed by atoms with van der Waals surface area (Å²) in [5, 5.41) is 9.30. The molecular formula is C16H23NO3. The van der Waals surface area contributed by atoms with E-state index in [0.29, 0.717) is 5.92 Å². The topological polar surface area (TPSA) is 49.8 Å². The van der Waals surface area contributed by atoms with Gasteiger partial charge in [0.05, 0.1) is 7.11 Å². The van der Waals surface area contributed by atoms with E-state index in [0.717, 1.165) is 38.1 Å². The maximum Gasteiger partial charge on any atom is 0.320 e. The maximum absolute atomic E-state index is 11.3. The van der Waals surface area contributed by atoms with Crippen molar-refractivity contribution in [3.8, 4) is 5.75 Å². The Morgan fingerprint density at radius 2 is 2.10 bits per heavy atom. The molecule has 0 amide bonds. The number of nitrogens with zero attached hydrogens (tertiary/aromatic N) is 1. The average molecular weight is 277 g/mol. The molecule has 0 saturated carbocycles. The molecule has 1 aromatic carbocycles. The smallest absolute Gasteiger partial charge is 0.320 e. The van der Waals surface area contributed by atoms with Crippen molar-refractivity contribution in [1.82, 2.24) is 4.90 Å². The molecule has 2 rings (SSSR count). The van der Waals surface area contributed by atoms with Gasteiger partial charge in [0.1, 0.15) is 11.8 Å². The zero-order chi connectivity index (χ0) is 14.5. The highest BCUT2D eigenvalue weighted by molar-refractivity contribution is 5.73. The van der Waals surface area contributed by atoms with Crippen LogP contribution in [0.1, 0.15) is 37.7 Å². The molecule has 1 saturated heterocycles. The van der Waals surface area contributed by atoms with E-state index < -0.39 is 5.97 Å². The summed E-state index contributed by atoms with van der Waals surface area (Å²) in [7, 11) is 1.66. The van der Waals surface area contributed by atoms with E-state index in [4.69, 9.17) is 4.74 Å². The van der Waals surface area contributed by atoms with Gasteiger partial charge in [-0.1, -0.05) is 25.5 Å². The first kappa shape index (κ1) is 14.9. The van der Waals surface area contributed by atoms with E-state index in [2.05, 4.69) is 24.0 Å². The number of benzene rings is 1. The second kappa shape index (κ2) is 6.75. The molecule has 20 heavy (non-hydrogen) atoms. The minimum Gasteiger partial charge on any atom is -0.497 e. The normalized spacial score (nSPS) is 21.4. The Balaban J connectivity index is 2.01. The number of piperidine rings is 1. The Labute approximate surface area is 120 Å². The lowest BCUT2D eigenvalue weighted by atomic mass is 9.96. The van der Waals surface area contributed by atoms with Gasteiger partial charge in [-0.2, -0.15) is 0 Å². The van der Waals surface area contributed by atoms with Crippen LogP contribution >= 0.6 is 0 Å². The number of ether oxygens (including phenoxy) is 1. The van der Waals surface area contributed by atoms with Crippen molar-refractivity contribution < 1.29 is 14.6 Å². The minimum atomic E-state index is -0.688. The zero-order valence-electron chi connectivity index (χ0n) is 12.2. The first-order valence-corrected chi connectivity index (χ1v) is 7.22. The van der Waals surface area contributed by atoms with Gasteiger partial charge in [-0.3, -0.25) is 9.69 Å². The monoisotopic (exact) mass is 277 g/mol. The summed E-state index contributed by atoms with van der Waals surface area (Å²) in [6.07, 6.45) is 2.88. The third kappa shape index (κ3) is 3.51. The molecule has 1 fully saturated rings. The molecule has 0 aliphatic carbocycles. The number of methoxy groups -OCH3 is 1. The fraction of sp³-hybridized carbons (Fsp3) is 0.562. The summed E-state index contributed by atoms with van der Waals surface area (Å²) < 4.78 is 5.16. The van der Waals surface area contributed by atoms with Crippen LogP contribution in [0.2, 0.25) is 0 Å². The summed E-state index contributed by atoms with van der Waals surface area (Å²) in [5.41, 5.74) is 1.22. The standard InChI is InChI=1S/C16H23NO3/c1-12(13-6-8-14(20-2)9-7-13)11-17-10-4-3-5-15(17)16(18)19/h6-9,12,15H,3-5,10-11H2,1-2H3,(H,18,19). The summed E-state index contributed by atoms with van der Waals surface area (Å²) in [6, 6.07) is 7.71. The molecule has 1 N–H and O–H groups in total. The molecule has 0 bridgehead atoms. The number of carboxylic acid groups (broad SMARTS) is 1. The number of rotatable bonds is 5. The largest absolute Gasteiger partial charge is 0.497 e. The van der Waals surface area contributed by atoms with Crippen molar-refractivity contribution in [3.63, 3.8) is 0 Å². The molecule has 4 nitrogen and oxygen atoms in total. The van der Waals surface area contributed by atoms with Gasteiger partial charge in [-0.25, -0.2) is 0 Å². The maximum atomic E-state index is 11.3. The molecule has 1 aromatic rings. The Bertz CT molecular complexity index is 444. The van der Waals surface area contributed by atoms with Crippen LogP contribution in [0.3, 0.4) is 0 Å².